The molecule has 2 heterocycles. The minimum atomic E-state index is 0.244. The molecule has 1 N–H and O–H groups in total. The second-order valence-corrected chi connectivity index (χ2v) is 4.13. The molecule has 0 amide bonds. The van der Waals surface area contributed by atoms with Gasteiger partial charge in [0.2, 0.25) is 0 Å². The van der Waals surface area contributed by atoms with E-state index in [0.717, 1.165) is 37.9 Å². The third kappa shape index (κ3) is 3.15. The third-order valence-electron chi connectivity index (χ3n) is 2.63. The molecule has 0 spiro atoms. The molecule has 1 aliphatic heterocycles. The molecule has 1 aromatic rings. The molecule has 1 aliphatic rings. The van der Waals surface area contributed by atoms with Crippen molar-refractivity contribution in [1.82, 2.24) is 14.9 Å². The lowest BCUT2D eigenvalue weighted by Gasteiger charge is -2.30. The van der Waals surface area contributed by atoms with Crippen LogP contribution in [-0.2, 0) is 4.74 Å². The molecule has 0 aromatic carbocycles. The van der Waals surface area contributed by atoms with E-state index in [0.29, 0.717) is 0 Å². The van der Waals surface area contributed by atoms with E-state index >= 15 is 0 Å². The first-order valence-corrected chi connectivity index (χ1v) is 5.58. The molecule has 1 aromatic heterocycles. The van der Waals surface area contributed by atoms with Gasteiger partial charge in [-0.25, -0.2) is 9.97 Å². The van der Waals surface area contributed by atoms with Crippen molar-refractivity contribution in [3.05, 3.63) is 18.1 Å². The first kappa shape index (κ1) is 11.3. The SMILES string of the molecule is Cc1nccc(NCC2CN(C)CCO2)n1. The summed E-state index contributed by atoms with van der Waals surface area (Å²) in [6.45, 7) is 5.47. The Bertz CT molecular complexity index is 345. The van der Waals surface area contributed by atoms with Crippen LogP contribution in [0.2, 0.25) is 0 Å². The van der Waals surface area contributed by atoms with Crippen LogP contribution in [0.25, 0.3) is 0 Å². The summed E-state index contributed by atoms with van der Waals surface area (Å²) in [6, 6.07) is 1.87. The van der Waals surface area contributed by atoms with E-state index in [2.05, 4.69) is 27.2 Å². The highest BCUT2D eigenvalue weighted by atomic mass is 16.5. The average Bonchev–Trinajstić information content (AvgIpc) is 2.27. The number of likely N-dealkylation sites (N-methyl/N-ethyl adjacent to an activating group) is 1. The summed E-state index contributed by atoms with van der Waals surface area (Å²) >= 11 is 0. The van der Waals surface area contributed by atoms with Crippen molar-refractivity contribution in [3.8, 4) is 0 Å². The van der Waals surface area contributed by atoms with Crippen LogP contribution in [0.5, 0.6) is 0 Å². The number of morpholine rings is 1. The van der Waals surface area contributed by atoms with Crippen molar-refractivity contribution >= 4 is 5.82 Å². The molecule has 5 heteroatoms. The van der Waals surface area contributed by atoms with Crippen LogP contribution in [0.4, 0.5) is 5.82 Å². The van der Waals surface area contributed by atoms with Crippen LogP contribution in [0, 0.1) is 6.92 Å². The largest absolute Gasteiger partial charge is 0.374 e. The molecule has 88 valence electrons. The molecule has 2 rings (SSSR count). The van der Waals surface area contributed by atoms with Gasteiger partial charge >= 0.3 is 0 Å². The summed E-state index contributed by atoms with van der Waals surface area (Å²) in [7, 11) is 2.12. The summed E-state index contributed by atoms with van der Waals surface area (Å²) in [6.07, 6.45) is 2.01. The van der Waals surface area contributed by atoms with Gasteiger partial charge in [-0.1, -0.05) is 0 Å². The summed E-state index contributed by atoms with van der Waals surface area (Å²) in [5, 5.41) is 3.27. The van der Waals surface area contributed by atoms with Crippen LogP contribution in [0.15, 0.2) is 12.3 Å². The molecule has 1 unspecified atom stereocenters. The highest BCUT2D eigenvalue weighted by Crippen LogP contribution is 2.06. The Balaban J connectivity index is 1.82. The van der Waals surface area contributed by atoms with Gasteiger partial charge in [0.1, 0.15) is 11.6 Å². The predicted molar refractivity (Wildman–Crippen MR) is 62.5 cm³/mol. The Morgan fingerprint density at radius 3 is 3.25 bits per heavy atom. The third-order valence-corrected chi connectivity index (χ3v) is 2.63. The maximum Gasteiger partial charge on any atom is 0.129 e. The molecule has 1 fully saturated rings. The van der Waals surface area contributed by atoms with Crippen LogP contribution in [-0.4, -0.2) is 54.3 Å². The molecule has 5 nitrogen and oxygen atoms in total. The topological polar surface area (TPSA) is 50.3 Å². The van der Waals surface area contributed by atoms with Gasteiger partial charge in [0, 0.05) is 25.8 Å². The zero-order valence-electron chi connectivity index (χ0n) is 9.81. The zero-order valence-corrected chi connectivity index (χ0v) is 9.81. The fourth-order valence-electron chi connectivity index (χ4n) is 1.76. The maximum absolute atomic E-state index is 5.65. The van der Waals surface area contributed by atoms with E-state index in [9.17, 15) is 0 Å². The second kappa shape index (κ2) is 5.23. The number of nitrogens with zero attached hydrogens (tertiary/aromatic N) is 3. The van der Waals surface area contributed by atoms with Gasteiger partial charge in [-0.2, -0.15) is 0 Å². The van der Waals surface area contributed by atoms with Gasteiger partial charge < -0.3 is 15.0 Å². The molecule has 0 saturated carbocycles. The Labute approximate surface area is 95.8 Å². The first-order valence-electron chi connectivity index (χ1n) is 5.58. The Hall–Kier alpha value is -1.20. The van der Waals surface area contributed by atoms with Gasteiger partial charge in [0.15, 0.2) is 0 Å². The number of hydrogen-bond donors (Lipinski definition) is 1. The summed E-state index contributed by atoms with van der Waals surface area (Å²) in [5.41, 5.74) is 0. The maximum atomic E-state index is 5.65. The van der Waals surface area contributed by atoms with Crippen LogP contribution >= 0.6 is 0 Å². The molecular weight excluding hydrogens is 204 g/mol. The highest BCUT2D eigenvalue weighted by molar-refractivity contribution is 5.32. The lowest BCUT2D eigenvalue weighted by Crippen LogP contribution is -2.43. The number of hydrogen-bond acceptors (Lipinski definition) is 5. The van der Waals surface area contributed by atoms with E-state index in [1.165, 1.54) is 0 Å². The van der Waals surface area contributed by atoms with Crippen LogP contribution < -0.4 is 5.32 Å². The van der Waals surface area contributed by atoms with Gasteiger partial charge in [-0.05, 0) is 20.0 Å². The monoisotopic (exact) mass is 222 g/mol. The van der Waals surface area contributed by atoms with E-state index in [1.807, 2.05) is 13.0 Å². The minimum absolute atomic E-state index is 0.244. The Morgan fingerprint density at radius 1 is 1.62 bits per heavy atom. The van der Waals surface area contributed by atoms with Crippen molar-refractivity contribution in [3.63, 3.8) is 0 Å². The summed E-state index contributed by atoms with van der Waals surface area (Å²) in [4.78, 5) is 10.6. The quantitative estimate of drug-likeness (QED) is 0.808. The zero-order chi connectivity index (χ0) is 11.4. The van der Waals surface area contributed by atoms with Crippen molar-refractivity contribution in [2.24, 2.45) is 0 Å². The van der Waals surface area contributed by atoms with Gasteiger partial charge in [-0.15, -0.1) is 0 Å². The molecule has 16 heavy (non-hydrogen) atoms. The number of aromatic nitrogens is 2. The average molecular weight is 222 g/mol. The van der Waals surface area contributed by atoms with E-state index in [1.54, 1.807) is 6.20 Å². The number of nitrogens with one attached hydrogen (secondary N) is 1. The lowest BCUT2D eigenvalue weighted by molar-refractivity contribution is -0.0117. The minimum Gasteiger partial charge on any atom is -0.374 e. The molecule has 0 aliphatic carbocycles. The Morgan fingerprint density at radius 2 is 2.50 bits per heavy atom. The second-order valence-electron chi connectivity index (χ2n) is 4.13. The standard InChI is InChI=1S/C11H18N4O/c1-9-12-4-3-11(14-9)13-7-10-8-15(2)5-6-16-10/h3-4,10H,5-8H2,1-2H3,(H,12,13,14). The normalized spacial score (nSPS) is 22.0. The molecular formula is C11H18N4O. The lowest BCUT2D eigenvalue weighted by atomic mass is 10.3. The molecule has 0 radical (unpaired) electrons. The van der Waals surface area contributed by atoms with Crippen molar-refractivity contribution in [2.45, 2.75) is 13.0 Å². The van der Waals surface area contributed by atoms with Gasteiger partial charge in [0.05, 0.1) is 12.7 Å². The van der Waals surface area contributed by atoms with Crippen molar-refractivity contribution in [1.29, 1.82) is 0 Å². The van der Waals surface area contributed by atoms with Crippen molar-refractivity contribution < 1.29 is 4.74 Å². The fraction of sp³-hybridized carbons (Fsp3) is 0.636. The summed E-state index contributed by atoms with van der Waals surface area (Å²) in [5.74, 6) is 1.65. The number of anilines is 1. The fourth-order valence-corrected chi connectivity index (χ4v) is 1.76. The van der Waals surface area contributed by atoms with Gasteiger partial charge in [0.25, 0.3) is 0 Å². The number of aryl methyl sites for hydroxylation is 1. The van der Waals surface area contributed by atoms with Gasteiger partial charge in [-0.3, -0.25) is 0 Å². The van der Waals surface area contributed by atoms with E-state index in [4.69, 9.17) is 4.74 Å². The summed E-state index contributed by atoms with van der Waals surface area (Å²) < 4.78 is 5.65. The number of rotatable bonds is 3. The number of ether oxygens (including phenoxy) is 1. The van der Waals surface area contributed by atoms with E-state index < -0.39 is 0 Å². The van der Waals surface area contributed by atoms with Crippen LogP contribution in [0.3, 0.4) is 0 Å². The molecule has 1 saturated heterocycles. The van der Waals surface area contributed by atoms with Crippen LogP contribution in [0.1, 0.15) is 5.82 Å². The molecule has 1 atom stereocenters. The molecule has 0 bridgehead atoms. The first-order chi connectivity index (χ1) is 7.74. The highest BCUT2D eigenvalue weighted by Gasteiger charge is 2.17. The smallest absolute Gasteiger partial charge is 0.129 e. The Kier molecular flexibility index (Phi) is 3.69. The van der Waals surface area contributed by atoms with Crippen molar-refractivity contribution in [2.75, 3.05) is 38.6 Å². The van der Waals surface area contributed by atoms with E-state index in [-0.39, 0.29) is 6.10 Å². The predicted octanol–water partition coefficient (Wildman–Crippen LogP) is 0.528.